The molecule has 2 rings (SSSR count). The van der Waals surface area contributed by atoms with E-state index in [4.69, 9.17) is 5.73 Å². The first-order chi connectivity index (χ1) is 9.20. The minimum absolute atomic E-state index is 0.213. The molecule has 0 aliphatic rings. The van der Waals surface area contributed by atoms with Gasteiger partial charge >= 0.3 is 0 Å². The van der Waals surface area contributed by atoms with Gasteiger partial charge in [-0.2, -0.15) is 11.8 Å². The van der Waals surface area contributed by atoms with Gasteiger partial charge in [0.1, 0.15) is 5.82 Å². The zero-order valence-electron chi connectivity index (χ0n) is 11.0. The number of aryl methyl sites for hydroxylation is 1. The Labute approximate surface area is 118 Å². The van der Waals surface area contributed by atoms with Crippen LogP contribution in [0.4, 0.5) is 4.39 Å². The maximum atomic E-state index is 13.3. The van der Waals surface area contributed by atoms with Gasteiger partial charge < -0.3 is 5.73 Å². The zero-order chi connectivity index (χ0) is 13.7. The molecule has 2 aromatic carbocycles. The van der Waals surface area contributed by atoms with Crippen molar-refractivity contribution in [1.29, 1.82) is 0 Å². The van der Waals surface area contributed by atoms with E-state index in [-0.39, 0.29) is 12.4 Å². The lowest BCUT2D eigenvalue weighted by Crippen LogP contribution is -2.00. The summed E-state index contributed by atoms with van der Waals surface area (Å²) in [6.45, 7) is 2.38. The highest BCUT2D eigenvalue weighted by molar-refractivity contribution is 7.97. The van der Waals surface area contributed by atoms with Crippen LogP contribution in [0.25, 0.3) is 0 Å². The first-order valence-corrected chi connectivity index (χ1v) is 7.46. The van der Waals surface area contributed by atoms with Crippen molar-refractivity contribution in [2.75, 3.05) is 0 Å². The van der Waals surface area contributed by atoms with Crippen molar-refractivity contribution in [3.63, 3.8) is 0 Å². The summed E-state index contributed by atoms with van der Waals surface area (Å²) in [5, 5.41) is 0. The third-order valence-corrected chi connectivity index (χ3v) is 4.17. The third-order valence-electron chi connectivity index (χ3n) is 3.12. The second-order valence-corrected chi connectivity index (χ2v) is 5.53. The Kier molecular flexibility index (Phi) is 5.00. The molecule has 0 radical (unpaired) electrons. The zero-order valence-corrected chi connectivity index (χ0v) is 11.8. The molecule has 2 N–H and O–H groups in total. The van der Waals surface area contributed by atoms with Crippen molar-refractivity contribution >= 4 is 11.8 Å². The van der Waals surface area contributed by atoms with Crippen molar-refractivity contribution in [1.82, 2.24) is 0 Å². The van der Waals surface area contributed by atoms with Gasteiger partial charge in [0, 0.05) is 23.6 Å². The third kappa shape index (κ3) is 3.82. The lowest BCUT2D eigenvalue weighted by molar-refractivity contribution is 0.610. The quantitative estimate of drug-likeness (QED) is 0.891. The number of rotatable bonds is 5. The van der Waals surface area contributed by atoms with Crippen LogP contribution in [0.2, 0.25) is 0 Å². The van der Waals surface area contributed by atoms with Gasteiger partial charge in [-0.3, -0.25) is 0 Å². The minimum Gasteiger partial charge on any atom is -0.326 e. The number of hydrogen-bond donors (Lipinski definition) is 1. The fourth-order valence-electron chi connectivity index (χ4n) is 1.93. The molecular weight excluding hydrogens is 257 g/mol. The molecule has 2 aromatic rings. The van der Waals surface area contributed by atoms with Crippen LogP contribution in [-0.2, 0) is 18.1 Å². The van der Waals surface area contributed by atoms with E-state index < -0.39 is 0 Å². The van der Waals surface area contributed by atoms with E-state index in [2.05, 4.69) is 31.2 Å². The molecule has 3 heteroatoms. The molecule has 0 spiro atoms. The molecule has 0 aliphatic carbocycles. The Balaban J connectivity index is 1.94. The molecule has 1 nitrogen and oxygen atoms in total. The summed E-state index contributed by atoms with van der Waals surface area (Å²) >= 11 is 1.84. The fourth-order valence-corrected chi connectivity index (χ4v) is 2.99. The lowest BCUT2D eigenvalue weighted by Gasteiger charge is -2.07. The van der Waals surface area contributed by atoms with E-state index in [1.165, 1.54) is 17.2 Å². The highest BCUT2D eigenvalue weighted by Gasteiger charge is 2.03. The van der Waals surface area contributed by atoms with Crippen LogP contribution in [-0.4, -0.2) is 0 Å². The second-order valence-electron chi connectivity index (χ2n) is 4.55. The Hall–Kier alpha value is -1.32. The van der Waals surface area contributed by atoms with Gasteiger partial charge in [0.15, 0.2) is 0 Å². The number of thioether (sulfide) groups is 1. The maximum absolute atomic E-state index is 13.3. The fraction of sp³-hybridized carbons (Fsp3) is 0.250. The van der Waals surface area contributed by atoms with Crippen LogP contribution in [0.1, 0.15) is 22.3 Å². The summed E-state index contributed by atoms with van der Waals surface area (Å²) in [7, 11) is 0. The molecule has 0 saturated heterocycles. The number of hydrogen-bond acceptors (Lipinski definition) is 2. The molecule has 0 atom stereocenters. The predicted octanol–water partition coefficient (Wildman–Crippen LogP) is 4.03. The molecule has 0 aromatic heterocycles. The largest absolute Gasteiger partial charge is 0.326 e. The van der Waals surface area contributed by atoms with Crippen LogP contribution >= 0.6 is 11.8 Å². The second kappa shape index (κ2) is 6.73. The molecule has 0 saturated carbocycles. The first kappa shape index (κ1) is 14.1. The van der Waals surface area contributed by atoms with Crippen LogP contribution < -0.4 is 5.73 Å². The Morgan fingerprint density at radius 2 is 1.84 bits per heavy atom. The predicted molar refractivity (Wildman–Crippen MR) is 80.5 cm³/mol. The summed E-state index contributed by atoms with van der Waals surface area (Å²) in [5.41, 5.74) is 9.90. The summed E-state index contributed by atoms with van der Waals surface area (Å²) in [6, 6.07) is 13.6. The smallest absolute Gasteiger partial charge is 0.127 e. The van der Waals surface area contributed by atoms with Gasteiger partial charge in [-0.1, -0.05) is 36.4 Å². The van der Waals surface area contributed by atoms with E-state index in [0.717, 1.165) is 17.1 Å². The van der Waals surface area contributed by atoms with E-state index in [9.17, 15) is 4.39 Å². The number of benzene rings is 2. The SMILES string of the molecule is Cc1ccccc1CSCc1ccc(F)c(CN)c1. The van der Waals surface area contributed by atoms with Gasteiger partial charge in [0.2, 0.25) is 0 Å². The summed E-state index contributed by atoms with van der Waals surface area (Å²) in [6.07, 6.45) is 0. The topological polar surface area (TPSA) is 26.0 Å². The summed E-state index contributed by atoms with van der Waals surface area (Å²) < 4.78 is 13.3. The first-order valence-electron chi connectivity index (χ1n) is 6.30. The molecule has 0 bridgehead atoms. The molecule has 19 heavy (non-hydrogen) atoms. The van der Waals surface area contributed by atoms with Gasteiger partial charge in [-0.05, 0) is 29.7 Å². The Morgan fingerprint density at radius 1 is 1.05 bits per heavy atom. The van der Waals surface area contributed by atoms with E-state index in [0.29, 0.717) is 5.56 Å². The van der Waals surface area contributed by atoms with Gasteiger partial charge in [-0.15, -0.1) is 0 Å². The Bertz CT molecular complexity index is 554. The van der Waals surface area contributed by atoms with Crippen LogP contribution in [0, 0.1) is 12.7 Å². The van der Waals surface area contributed by atoms with Gasteiger partial charge in [0.05, 0.1) is 0 Å². The molecule has 0 heterocycles. The van der Waals surface area contributed by atoms with Gasteiger partial charge in [-0.25, -0.2) is 4.39 Å². The van der Waals surface area contributed by atoms with Crippen LogP contribution in [0.5, 0.6) is 0 Å². The summed E-state index contributed by atoms with van der Waals surface area (Å²) in [5.74, 6) is 1.64. The highest BCUT2D eigenvalue weighted by atomic mass is 32.2. The minimum atomic E-state index is -0.213. The monoisotopic (exact) mass is 275 g/mol. The number of nitrogens with two attached hydrogens (primary N) is 1. The van der Waals surface area contributed by atoms with Crippen molar-refractivity contribution < 1.29 is 4.39 Å². The van der Waals surface area contributed by atoms with Crippen molar-refractivity contribution in [2.24, 2.45) is 5.73 Å². The molecule has 0 aliphatic heterocycles. The van der Waals surface area contributed by atoms with E-state index in [1.807, 2.05) is 23.9 Å². The molecule has 0 fully saturated rings. The highest BCUT2D eigenvalue weighted by Crippen LogP contribution is 2.21. The summed E-state index contributed by atoms with van der Waals surface area (Å²) in [4.78, 5) is 0. The average molecular weight is 275 g/mol. The number of halogens is 1. The van der Waals surface area contributed by atoms with Crippen molar-refractivity contribution in [2.45, 2.75) is 25.0 Å². The van der Waals surface area contributed by atoms with Crippen LogP contribution in [0.3, 0.4) is 0 Å². The Morgan fingerprint density at radius 3 is 2.58 bits per heavy atom. The molecule has 0 unspecified atom stereocenters. The normalized spacial score (nSPS) is 10.7. The molecule has 0 amide bonds. The molecular formula is C16H18FNS. The van der Waals surface area contributed by atoms with Crippen molar-refractivity contribution in [3.8, 4) is 0 Å². The average Bonchev–Trinajstić information content (AvgIpc) is 2.43. The standard InChI is InChI=1S/C16H18FNS/c1-12-4-2-3-5-14(12)11-19-10-13-6-7-16(17)15(8-13)9-18/h2-8H,9-11,18H2,1H3. The maximum Gasteiger partial charge on any atom is 0.127 e. The van der Waals surface area contributed by atoms with Crippen molar-refractivity contribution in [3.05, 3.63) is 70.5 Å². The molecule has 100 valence electrons. The van der Waals surface area contributed by atoms with E-state index in [1.54, 1.807) is 0 Å². The lowest BCUT2D eigenvalue weighted by atomic mass is 10.1. The van der Waals surface area contributed by atoms with Crippen LogP contribution in [0.15, 0.2) is 42.5 Å². The van der Waals surface area contributed by atoms with E-state index >= 15 is 0 Å². The van der Waals surface area contributed by atoms with Gasteiger partial charge in [0.25, 0.3) is 0 Å².